The molecule has 6 nitrogen and oxygen atoms in total. The minimum Gasteiger partial charge on any atom is -0.501 e. The number of ether oxygens (including phenoxy) is 3. The Morgan fingerprint density at radius 1 is 1.03 bits per heavy atom. The second-order valence-electron chi connectivity index (χ2n) is 8.35. The molecule has 2 heterocycles. The number of methoxy groups -OCH3 is 2. The smallest absolute Gasteiger partial charge is 0.209 e. The van der Waals surface area contributed by atoms with E-state index in [0.717, 1.165) is 21.4 Å². The molecular formula is C27H37N3O3S2. The van der Waals surface area contributed by atoms with E-state index in [-0.39, 0.29) is 23.8 Å². The van der Waals surface area contributed by atoms with Crippen molar-refractivity contribution < 1.29 is 14.2 Å². The Balaban J connectivity index is 2.08. The topological polar surface area (TPSA) is 77.3 Å². The van der Waals surface area contributed by atoms with Crippen molar-refractivity contribution in [3.63, 3.8) is 0 Å². The van der Waals surface area contributed by atoms with Gasteiger partial charge >= 0.3 is 0 Å². The van der Waals surface area contributed by atoms with Crippen molar-refractivity contribution in [2.45, 2.75) is 46.6 Å². The summed E-state index contributed by atoms with van der Waals surface area (Å²) in [5.74, 6) is 1.38. The number of aromatic nitrogens is 2. The number of hydrogen-bond acceptors (Lipinski definition) is 8. The van der Waals surface area contributed by atoms with Gasteiger partial charge in [0.2, 0.25) is 5.90 Å². The summed E-state index contributed by atoms with van der Waals surface area (Å²) in [6, 6.07) is 0. The van der Waals surface area contributed by atoms with Gasteiger partial charge in [-0.25, -0.2) is 9.97 Å². The van der Waals surface area contributed by atoms with E-state index in [9.17, 15) is 0 Å². The Hall–Kier alpha value is -2.55. The van der Waals surface area contributed by atoms with E-state index in [2.05, 4.69) is 50.5 Å². The molecule has 0 aromatic carbocycles. The summed E-state index contributed by atoms with van der Waals surface area (Å²) in [4.78, 5) is 9.55. The molecule has 8 heteroatoms. The minimum atomic E-state index is -0.246. The predicted octanol–water partition coefficient (Wildman–Crippen LogP) is 7.35. The summed E-state index contributed by atoms with van der Waals surface area (Å²) in [6.45, 7) is 10.8. The van der Waals surface area contributed by atoms with Crippen LogP contribution in [0.1, 0.15) is 51.2 Å². The van der Waals surface area contributed by atoms with E-state index in [1.165, 1.54) is 0 Å². The quantitative estimate of drug-likeness (QED) is 0.131. The van der Waals surface area contributed by atoms with Gasteiger partial charge in [-0.05, 0) is 18.9 Å². The number of thiazole rings is 2. The highest BCUT2D eigenvalue weighted by Crippen LogP contribution is 2.30. The average molecular weight is 516 g/mol. The molecule has 0 spiro atoms. The third kappa shape index (κ3) is 9.20. The maximum Gasteiger partial charge on any atom is 0.209 e. The van der Waals surface area contributed by atoms with Crippen LogP contribution in [0.15, 0.2) is 53.0 Å². The highest BCUT2D eigenvalue weighted by Gasteiger charge is 2.20. The van der Waals surface area contributed by atoms with Crippen molar-refractivity contribution in [1.82, 2.24) is 9.97 Å². The van der Waals surface area contributed by atoms with Crippen LogP contribution < -0.4 is 0 Å². The Bertz CT molecular complexity index is 1050. The molecule has 0 bridgehead atoms. The van der Waals surface area contributed by atoms with Gasteiger partial charge in [-0.2, -0.15) is 0 Å². The van der Waals surface area contributed by atoms with Gasteiger partial charge in [0.15, 0.2) is 0 Å². The highest BCUT2D eigenvalue weighted by molar-refractivity contribution is 7.14. The van der Waals surface area contributed by atoms with E-state index in [1.54, 1.807) is 43.0 Å². The van der Waals surface area contributed by atoms with Crippen LogP contribution in [0, 0.1) is 17.2 Å². The van der Waals surface area contributed by atoms with Gasteiger partial charge in [-0.3, -0.25) is 5.41 Å². The van der Waals surface area contributed by atoms with E-state index in [4.69, 9.17) is 29.6 Å². The first kappa shape index (κ1) is 28.7. The maximum absolute atomic E-state index is 7.86. The largest absolute Gasteiger partial charge is 0.501 e. The molecule has 2 aromatic rings. The molecule has 0 radical (unpaired) electrons. The Kier molecular flexibility index (Phi) is 12.1. The Morgan fingerprint density at radius 2 is 1.77 bits per heavy atom. The fourth-order valence-electron chi connectivity index (χ4n) is 3.18. The number of hydrogen-bond donors (Lipinski definition) is 1. The average Bonchev–Trinajstić information content (AvgIpc) is 3.50. The van der Waals surface area contributed by atoms with Crippen LogP contribution in [-0.2, 0) is 14.2 Å². The van der Waals surface area contributed by atoms with Gasteiger partial charge < -0.3 is 14.2 Å². The fourth-order valence-corrected chi connectivity index (χ4v) is 4.84. The molecule has 0 unspecified atom stereocenters. The lowest BCUT2D eigenvalue weighted by Gasteiger charge is -2.21. The van der Waals surface area contributed by atoms with Gasteiger partial charge in [0, 0.05) is 35.8 Å². The van der Waals surface area contributed by atoms with Crippen molar-refractivity contribution >= 4 is 34.6 Å². The molecule has 190 valence electrons. The van der Waals surface area contributed by atoms with Crippen LogP contribution in [0.5, 0.6) is 0 Å². The van der Waals surface area contributed by atoms with E-state index < -0.39 is 0 Å². The molecule has 1 N–H and O–H groups in total. The lowest BCUT2D eigenvalue weighted by molar-refractivity contribution is 0.0847. The first-order valence-electron chi connectivity index (χ1n) is 11.7. The molecule has 0 aliphatic rings. The molecule has 35 heavy (non-hydrogen) atoms. The summed E-state index contributed by atoms with van der Waals surface area (Å²) in [6.07, 6.45) is 13.8. The van der Waals surface area contributed by atoms with Crippen LogP contribution in [0.3, 0.4) is 0 Å². The van der Waals surface area contributed by atoms with Crippen molar-refractivity contribution in [2.75, 3.05) is 20.8 Å². The SMILES string of the molecule is CCOC(=N)/C=C(/OC)[C@H](C)[C@H](/C=C/c1csc(-c2csc([C@@H](C)/C=C/C=C/C(C)C)n2)n1)OC. The van der Waals surface area contributed by atoms with Crippen LogP contribution in [0.4, 0.5) is 0 Å². The zero-order chi connectivity index (χ0) is 25.8. The van der Waals surface area contributed by atoms with E-state index in [0.29, 0.717) is 18.3 Å². The number of nitrogens with zero attached hydrogens (tertiary/aromatic N) is 2. The highest BCUT2D eigenvalue weighted by atomic mass is 32.1. The second kappa shape index (κ2) is 14.8. The Morgan fingerprint density at radius 3 is 2.43 bits per heavy atom. The normalized spacial score (nSPS) is 15.4. The van der Waals surface area contributed by atoms with Crippen LogP contribution in [0.2, 0.25) is 0 Å². The molecule has 0 amide bonds. The monoisotopic (exact) mass is 515 g/mol. The summed E-state index contributed by atoms with van der Waals surface area (Å²) in [5.41, 5.74) is 1.76. The number of nitrogens with one attached hydrogen (secondary N) is 1. The maximum atomic E-state index is 7.86. The van der Waals surface area contributed by atoms with E-state index >= 15 is 0 Å². The molecule has 0 saturated heterocycles. The zero-order valence-corrected chi connectivity index (χ0v) is 23.3. The summed E-state index contributed by atoms with van der Waals surface area (Å²) in [5, 5.41) is 13.9. The standard InChI is InChI=1S/C27H37N3O3S2/c1-8-33-25(28)15-24(32-7)20(5)23(31-6)14-13-21-16-34-27(29-21)22-17-35-26(30-22)19(4)12-10-9-11-18(2)3/h9-20,23,28H,8H2,1-7H3/b11-9+,12-10+,14-13+,24-15+,28-25?/t19-,20+,23-/m0/s1. The van der Waals surface area contributed by atoms with Crippen LogP contribution in [0.25, 0.3) is 16.8 Å². The zero-order valence-electron chi connectivity index (χ0n) is 21.6. The molecule has 0 saturated carbocycles. The molecule has 0 aliphatic carbocycles. The summed E-state index contributed by atoms with van der Waals surface area (Å²) < 4.78 is 16.4. The predicted molar refractivity (Wildman–Crippen MR) is 148 cm³/mol. The molecule has 0 fully saturated rings. The summed E-state index contributed by atoms with van der Waals surface area (Å²) >= 11 is 3.24. The van der Waals surface area contributed by atoms with Gasteiger partial charge in [0.05, 0.1) is 30.5 Å². The molecular weight excluding hydrogens is 478 g/mol. The second-order valence-corrected chi connectivity index (χ2v) is 10.1. The van der Waals surface area contributed by atoms with Gasteiger partial charge in [0.25, 0.3) is 0 Å². The fraction of sp³-hybridized carbons (Fsp3) is 0.444. The van der Waals surface area contributed by atoms with Crippen molar-refractivity contribution in [1.29, 1.82) is 5.41 Å². The molecule has 3 atom stereocenters. The van der Waals surface area contributed by atoms with Crippen molar-refractivity contribution in [3.05, 3.63) is 63.7 Å². The summed E-state index contributed by atoms with van der Waals surface area (Å²) in [7, 11) is 3.25. The lowest BCUT2D eigenvalue weighted by Crippen LogP contribution is -2.21. The number of allylic oxidation sites excluding steroid dienone is 4. The first-order valence-corrected chi connectivity index (χ1v) is 13.5. The van der Waals surface area contributed by atoms with Crippen LogP contribution in [-0.4, -0.2) is 42.8 Å². The van der Waals surface area contributed by atoms with Gasteiger partial charge in [0.1, 0.15) is 16.5 Å². The first-order chi connectivity index (χ1) is 16.8. The minimum absolute atomic E-state index is 0.0682. The van der Waals surface area contributed by atoms with E-state index in [1.807, 2.05) is 31.4 Å². The molecule has 2 rings (SSSR count). The van der Waals surface area contributed by atoms with Crippen LogP contribution >= 0.6 is 22.7 Å². The van der Waals surface area contributed by atoms with Gasteiger partial charge in [-0.1, -0.05) is 58.1 Å². The van der Waals surface area contributed by atoms with Crippen molar-refractivity contribution in [2.24, 2.45) is 11.8 Å². The lowest BCUT2D eigenvalue weighted by atomic mass is 10.0. The van der Waals surface area contributed by atoms with Crippen molar-refractivity contribution in [3.8, 4) is 10.7 Å². The number of rotatable bonds is 13. The Labute approximate surface area is 217 Å². The third-order valence-corrected chi connectivity index (χ3v) is 7.07. The third-order valence-electron chi connectivity index (χ3n) is 5.14. The van der Waals surface area contributed by atoms with Gasteiger partial charge in [-0.15, -0.1) is 22.7 Å². The molecule has 0 aliphatic heterocycles. The molecule has 2 aromatic heterocycles.